The van der Waals surface area contributed by atoms with Gasteiger partial charge in [0.25, 0.3) is 0 Å². The molecule has 0 fully saturated rings. The zero-order valence-electron chi connectivity index (χ0n) is 11.0. The minimum absolute atomic E-state index is 0.294. The van der Waals surface area contributed by atoms with Crippen LogP contribution in [0.1, 0.15) is 18.1 Å². The van der Waals surface area contributed by atoms with Gasteiger partial charge in [0.05, 0.1) is 5.60 Å². The highest BCUT2D eigenvalue weighted by molar-refractivity contribution is 9.10. The molecule has 0 aliphatic heterocycles. The van der Waals surface area contributed by atoms with Crippen LogP contribution in [0.5, 0.6) is 0 Å². The molecule has 4 heteroatoms. The number of hydrogen-bond donors (Lipinski definition) is 1. The Hall–Kier alpha value is -0.900. The van der Waals surface area contributed by atoms with E-state index in [1.165, 1.54) is 12.1 Å². The molecule has 0 amide bonds. The van der Waals surface area contributed by atoms with E-state index in [0.717, 1.165) is 11.1 Å². The molecule has 1 unspecified atom stereocenters. The van der Waals surface area contributed by atoms with Crippen molar-refractivity contribution in [2.24, 2.45) is 0 Å². The lowest BCUT2D eigenvalue weighted by Crippen LogP contribution is -2.30. The molecule has 0 aromatic heterocycles. The van der Waals surface area contributed by atoms with E-state index in [2.05, 4.69) is 15.9 Å². The van der Waals surface area contributed by atoms with E-state index in [1.54, 1.807) is 25.1 Å². The number of aliphatic hydroxyl groups is 1. The van der Waals surface area contributed by atoms with Gasteiger partial charge in [0.2, 0.25) is 0 Å². The van der Waals surface area contributed by atoms with Gasteiger partial charge in [0.15, 0.2) is 0 Å². The lowest BCUT2D eigenvalue weighted by atomic mass is 9.90. The maximum Gasteiger partial charge on any atom is 0.124 e. The van der Waals surface area contributed by atoms with Gasteiger partial charge in [-0.05, 0) is 42.3 Å². The van der Waals surface area contributed by atoms with Gasteiger partial charge < -0.3 is 5.11 Å². The maximum atomic E-state index is 13.1. The summed E-state index contributed by atoms with van der Waals surface area (Å²) in [6.45, 7) is 1.78. The molecule has 1 nitrogen and oxygen atoms in total. The maximum absolute atomic E-state index is 13.1. The Bertz CT molecular complexity index is 596. The topological polar surface area (TPSA) is 20.2 Å². The predicted octanol–water partition coefficient (Wildman–Crippen LogP) is 4.78. The fourth-order valence-corrected chi connectivity index (χ4v) is 2.80. The summed E-state index contributed by atoms with van der Waals surface area (Å²) in [5.41, 5.74) is 0.983. The van der Waals surface area contributed by atoms with Crippen LogP contribution in [0.25, 0.3) is 0 Å². The SMILES string of the molecule is CC(O)(Cc1ccc(Cl)cc1)Cc1ccc(F)cc1Br. The molecule has 0 spiro atoms. The predicted molar refractivity (Wildman–Crippen MR) is 83.6 cm³/mol. The molecule has 106 valence electrons. The monoisotopic (exact) mass is 356 g/mol. The second-order valence-corrected chi connectivity index (χ2v) is 6.50. The third kappa shape index (κ3) is 4.30. The molecule has 2 aromatic carbocycles. The van der Waals surface area contributed by atoms with Crippen LogP contribution in [0.3, 0.4) is 0 Å². The van der Waals surface area contributed by atoms with E-state index in [9.17, 15) is 9.50 Å². The van der Waals surface area contributed by atoms with Crippen molar-refractivity contribution in [1.82, 2.24) is 0 Å². The highest BCUT2D eigenvalue weighted by Gasteiger charge is 2.22. The third-order valence-electron chi connectivity index (χ3n) is 3.08. The first-order chi connectivity index (χ1) is 9.35. The summed E-state index contributed by atoms with van der Waals surface area (Å²) in [5, 5.41) is 11.2. The Morgan fingerprint density at radius 3 is 2.40 bits per heavy atom. The highest BCUT2D eigenvalue weighted by atomic mass is 79.9. The standard InChI is InChI=1S/C16H15BrClFO/c1-16(20,9-11-2-5-13(18)6-3-11)10-12-4-7-14(19)8-15(12)17/h2-8,20H,9-10H2,1H3. The first-order valence-electron chi connectivity index (χ1n) is 6.26. The van der Waals surface area contributed by atoms with Crippen molar-refractivity contribution in [2.75, 3.05) is 0 Å². The van der Waals surface area contributed by atoms with E-state index >= 15 is 0 Å². The molecule has 2 rings (SSSR count). The third-order valence-corrected chi connectivity index (χ3v) is 4.07. The van der Waals surface area contributed by atoms with Gasteiger partial charge in [0.1, 0.15) is 5.82 Å². The fourth-order valence-electron chi connectivity index (χ4n) is 2.18. The van der Waals surface area contributed by atoms with Gasteiger partial charge in [0, 0.05) is 22.3 Å². The Morgan fingerprint density at radius 1 is 1.15 bits per heavy atom. The summed E-state index contributed by atoms with van der Waals surface area (Å²) >= 11 is 9.17. The summed E-state index contributed by atoms with van der Waals surface area (Å²) in [6.07, 6.45) is 0.949. The first kappa shape index (κ1) is 15.5. The van der Waals surface area contributed by atoms with Crippen molar-refractivity contribution >= 4 is 27.5 Å². The van der Waals surface area contributed by atoms with Crippen LogP contribution in [0.15, 0.2) is 46.9 Å². The lowest BCUT2D eigenvalue weighted by Gasteiger charge is -2.24. The largest absolute Gasteiger partial charge is 0.389 e. The van der Waals surface area contributed by atoms with Gasteiger partial charge in [-0.1, -0.05) is 45.7 Å². The Balaban J connectivity index is 2.12. The Kier molecular flexibility index (Phi) is 4.84. The van der Waals surface area contributed by atoms with Crippen molar-refractivity contribution in [2.45, 2.75) is 25.4 Å². The van der Waals surface area contributed by atoms with E-state index in [0.29, 0.717) is 22.3 Å². The number of benzene rings is 2. The summed E-state index contributed by atoms with van der Waals surface area (Å²) in [6, 6.07) is 11.9. The second-order valence-electron chi connectivity index (χ2n) is 5.21. The van der Waals surface area contributed by atoms with Crippen LogP contribution in [-0.2, 0) is 12.8 Å². The molecule has 2 aromatic rings. The summed E-state index contributed by atoms with van der Waals surface area (Å²) in [5.74, 6) is -0.294. The van der Waals surface area contributed by atoms with Gasteiger partial charge in [-0.25, -0.2) is 4.39 Å². The molecule has 20 heavy (non-hydrogen) atoms. The van der Waals surface area contributed by atoms with Gasteiger partial charge in [-0.3, -0.25) is 0 Å². The van der Waals surface area contributed by atoms with Crippen LogP contribution in [0, 0.1) is 5.82 Å². The zero-order valence-corrected chi connectivity index (χ0v) is 13.4. The smallest absolute Gasteiger partial charge is 0.124 e. The first-order valence-corrected chi connectivity index (χ1v) is 7.44. The van der Waals surface area contributed by atoms with Crippen LogP contribution < -0.4 is 0 Å². The van der Waals surface area contributed by atoms with E-state index in [4.69, 9.17) is 11.6 Å². The van der Waals surface area contributed by atoms with Crippen molar-refractivity contribution in [1.29, 1.82) is 0 Å². The van der Waals surface area contributed by atoms with E-state index in [-0.39, 0.29) is 5.82 Å². The quantitative estimate of drug-likeness (QED) is 0.835. The number of hydrogen-bond acceptors (Lipinski definition) is 1. The highest BCUT2D eigenvalue weighted by Crippen LogP contribution is 2.25. The average Bonchev–Trinajstić information content (AvgIpc) is 2.35. The second kappa shape index (κ2) is 6.25. The molecule has 0 radical (unpaired) electrons. The summed E-state index contributed by atoms with van der Waals surface area (Å²) in [7, 11) is 0. The molecule has 0 aliphatic rings. The van der Waals surface area contributed by atoms with Crippen LogP contribution >= 0.6 is 27.5 Å². The van der Waals surface area contributed by atoms with Gasteiger partial charge >= 0.3 is 0 Å². The summed E-state index contributed by atoms with van der Waals surface area (Å²) in [4.78, 5) is 0. The lowest BCUT2D eigenvalue weighted by molar-refractivity contribution is 0.0606. The molecule has 1 N–H and O–H groups in total. The minimum Gasteiger partial charge on any atom is -0.389 e. The fraction of sp³-hybridized carbons (Fsp3) is 0.250. The zero-order chi connectivity index (χ0) is 14.8. The van der Waals surface area contributed by atoms with E-state index < -0.39 is 5.60 Å². The van der Waals surface area contributed by atoms with Crippen LogP contribution in [0.4, 0.5) is 4.39 Å². The van der Waals surface area contributed by atoms with Crippen molar-refractivity contribution in [3.8, 4) is 0 Å². The van der Waals surface area contributed by atoms with Crippen molar-refractivity contribution < 1.29 is 9.50 Å². The van der Waals surface area contributed by atoms with Crippen LogP contribution in [-0.4, -0.2) is 10.7 Å². The molecule has 0 saturated carbocycles. The molecular formula is C16H15BrClFO. The van der Waals surface area contributed by atoms with Gasteiger partial charge in [-0.15, -0.1) is 0 Å². The summed E-state index contributed by atoms with van der Waals surface area (Å²) < 4.78 is 13.7. The normalized spacial score (nSPS) is 14.1. The molecule has 0 aliphatic carbocycles. The molecular weight excluding hydrogens is 343 g/mol. The molecule has 0 heterocycles. The van der Waals surface area contributed by atoms with Crippen molar-refractivity contribution in [3.63, 3.8) is 0 Å². The average molecular weight is 358 g/mol. The molecule has 1 atom stereocenters. The molecule has 0 bridgehead atoms. The minimum atomic E-state index is -0.909. The Morgan fingerprint density at radius 2 is 1.80 bits per heavy atom. The van der Waals surface area contributed by atoms with Crippen LogP contribution in [0.2, 0.25) is 5.02 Å². The molecule has 0 saturated heterocycles. The number of rotatable bonds is 4. The number of halogens is 3. The van der Waals surface area contributed by atoms with E-state index in [1.807, 2.05) is 12.1 Å². The Labute approximate surface area is 131 Å². The van der Waals surface area contributed by atoms with Gasteiger partial charge in [-0.2, -0.15) is 0 Å². The van der Waals surface area contributed by atoms with Crippen molar-refractivity contribution in [3.05, 3.63) is 68.9 Å².